The lowest BCUT2D eigenvalue weighted by molar-refractivity contribution is 0.415. The van der Waals surface area contributed by atoms with E-state index in [1.165, 1.54) is 0 Å². The molecule has 1 N–H and O–H groups in total. The number of aryl methyl sites for hydroxylation is 2. The van der Waals surface area contributed by atoms with E-state index in [4.69, 9.17) is 4.74 Å². The van der Waals surface area contributed by atoms with Crippen LogP contribution in [0, 0.1) is 0 Å². The minimum atomic E-state index is 0.0298. The zero-order valence-corrected chi connectivity index (χ0v) is 15.7. The summed E-state index contributed by atoms with van der Waals surface area (Å²) < 4.78 is 8.95. The molecule has 2 aromatic heterocycles. The predicted molar refractivity (Wildman–Crippen MR) is 107 cm³/mol. The Morgan fingerprint density at radius 1 is 1.00 bits per heavy atom. The average molecular weight is 362 g/mol. The Balaban J connectivity index is 1.89. The van der Waals surface area contributed by atoms with Gasteiger partial charge in [-0.1, -0.05) is 18.2 Å². The first-order valence-electron chi connectivity index (χ1n) is 9.09. The lowest BCUT2D eigenvalue weighted by Gasteiger charge is -2.07. The third-order valence-electron chi connectivity index (χ3n) is 4.92. The molecule has 138 valence electrons. The van der Waals surface area contributed by atoms with Crippen LogP contribution in [-0.2, 0) is 13.1 Å². The van der Waals surface area contributed by atoms with Gasteiger partial charge in [0.2, 0.25) is 0 Å². The second-order valence-corrected chi connectivity index (χ2v) is 6.33. The minimum absolute atomic E-state index is 0.0298. The summed E-state index contributed by atoms with van der Waals surface area (Å²) in [5.41, 5.74) is 5.66. The van der Waals surface area contributed by atoms with Gasteiger partial charge in [-0.2, -0.15) is 0 Å². The number of aromatic amines is 1. The van der Waals surface area contributed by atoms with Crippen LogP contribution in [0.4, 0.5) is 0 Å². The second kappa shape index (κ2) is 6.79. The normalized spacial score (nSPS) is 11.2. The van der Waals surface area contributed by atoms with Crippen LogP contribution in [0.25, 0.3) is 33.5 Å². The summed E-state index contributed by atoms with van der Waals surface area (Å²) in [7, 11) is 1.66. The molecule has 0 fully saturated rings. The van der Waals surface area contributed by atoms with Crippen LogP contribution in [0.1, 0.15) is 13.8 Å². The van der Waals surface area contributed by atoms with Gasteiger partial charge in [0.15, 0.2) is 0 Å². The summed E-state index contributed by atoms with van der Waals surface area (Å²) in [6.07, 6.45) is 1.69. The highest BCUT2D eigenvalue weighted by Crippen LogP contribution is 2.32. The molecule has 0 amide bonds. The molecule has 0 saturated heterocycles. The van der Waals surface area contributed by atoms with Gasteiger partial charge in [-0.25, -0.2) is 9.78 Å². The molecular formula is C21H22N4O2. The highest BCUT2D eigenvalue weighted by Gasteiger charge is 2.15. The van der Waals surface area contributed by atoms with Crippen LogP contribution in [0.2, 0.25) is 0 Å². The van der Waals surface area contributed by atoms with Gasteiger partial charge in [0, 0.05) is 24.2 Å². The Hall–Kier alpha value is -3.28. The minimum Gasteiger partial charge on any atom is -0.497 e. The maximum Gasteiger partial charge on any atom is 0.329 e. The van der Waals surface area contributed by atoms with Crippen molar-refractivity contribution in [2.45, 2.75) is 26.9 Å². The molecule has 2 aromatic carbocycles. The van der Waals surface area contributed by atoms with Gasteiger partial charge in [0.05, 0.1) is 35.9 Å². The van der Waals surface area contributed by atoms with E-state index in [1.807, 2.05) is 56.3 Å². The first kappa shape index (κ1) is 17.1. The van der Waals surface area contributed by atoms with E-state index in [0.29, 0.717) is 13.1 Å². The van der Waals surface area contributed by atoms with E-state index in [1.54, 1.807) is 22.6 Å². The van der Waals surface area contributed by atoms with Crippen molar-refractivity contribution >= 4 is 11.0 Å². The standard InChI is InChI=1S/C21H22N4O2/c1-4-24-17-10-9-15(12-18(17)25(5-2)21(24)26)20-19(22-13-23-20)14-7-6-8-16(11-14)27-3/h6-13H,4-5H2,1-3H3,(H,22,23). The fourth-order valence-corrected chi connectivity index (χ4v) is 3.59. The lowest BCUT2D eigenvalue weighted by atomic mass is 10.0. The van der Waals surface area contributed by atoms with Crippen molar-refractivity contribution in [3.63, 3.8) is 0 Å². The number of nitrogens with zero attached hydrogens (tertiary/aromatic N) is 3. The SMILES string of the molecule is CCn1c(=O)n(CC)c2cc(-c3nc[nH]c3-c3cccc(OC)c3)ccc21. The zero-order valence-electron chi connectivity index (χ0n) is 15.7. The molecule has 2 heterocycles. The second-order valence-electron chi connectivity index (χ2n) is 6.33. The Morgan fingerprint density at radius 2 is 1.78 bits per heavy atom. The summed E-state index contributed by atoms with van der Waals surface area (Å²) in [5.74, 6) is 0.795. The molecule has 0 radical (unpaired) electrons. The third-order valence-corrected chi connectivity index (χ3v) is 4.92. The van der Waals surface area contributed by atoms with E-state index in [-0.39, 0.29) is 5.69 Å². The number of rotatable bonds is 5. The number of fused-ring (bicyclic) bond motifs is 1. The largest absolute Gasteiger partial charge is 0.497 e. The molecule has 6 heteroatoms. The fourth-order valence-electron chi connectivity index (χ4n) is 3.59. The van der Waals surface area contributed by atoms with E-state index >= 15 is 0 Å². The first-order valence-corrected chi connectivity index (χ1v) is 9.09. The van der Waals surface area contributed by atoms with Crippen molar-refractivity contribution in [1.82, 2.24) is 19.1 Å². The topological polar surface area (TPSA) is 64.8 Å². The molecule has 6 nitrogen and oxygen atoms in total. The third kappa shape index (κ3) is 2.73. The number of aromatic nitrogens is 4. The number of hydrogen-bond donors (Lipinski definition) is 1. The quantitative estimate of drug-likeness (QED) is 0.585. The van der Waals surface area contributed by atoms with Crippen molar-refractivity contribution in [3.05, 3.63) is 59.3 Å². The molecule has 0 unspecified atom stereocenters. The molecular weight excluding hydrogens is 340 g/mol. The van der Waals surface area contributed by atoms with E-state index in [9.17, 15) is 4.79 Å². The monoisotopic (exact) mass is 362 g/mol. The number of methoxy groups -OCH3 is 1. The summed E-state index contributed by atoms with van der Waals surface area (Å²) >= 11 is 0. The highest BCUT2D eigenvalue weighted by atomic mass is 16.5. The summed E-state index contributed by atoms with van der Waals surface area (Å²) in [6, 6.07) is 13.9. The number of ether oxygens (including phenoxy) is 1. The van der Waals surface area contributed by atoms with Gasteiger partial charge in [-0.05, 0) is 38.1 Å². The van der Waals surface area contributed by atoms with Gasteiger partial charge in [0.25, 0.3) is 0 Å². The highest BCUT2D eigenvalue weighted by molar-refractivity contribution is 5.86. The molecule has 4 rings (SSSR count). The van der Waals surface area contributed by atoms with E-state index < -0.39 is 0 Å². The Kier molecular flexibility index (Phi) is 4.32. The Labute approximate surface area is 157 Å². The van der Waals surface area contributed by atoms with Gasteiger partial charge in [0.1, 0.15) is 5.75 Å². The van der Waals surface area contributed by atoms with Crippen LogP contribution < -0.4 is 10.4 Å². The number of H-pyrrole nitrogens is 1. The predicted octanol–water partition coefficient (Wildman–Crippen LogP) is 3.91. The number of benzene rings is 2. The fraction of sp³-hybridized carbons (Fsp3) is 0.238. The van der Waals surface area contributed by atoms with Gasteiger partial charge in [-0.3, -0.25) is 9.13 Å². The Morgan fingerprint density at radius 3 is 2.52 bits per heavy atom. The van der Waals surface area contributed by atoms with Crippen LogP contribution in [0.15, 0.2) is 53.6 Å². The first-order chi connectivity index (χ1) is 13.2. The van der Waals surface area contributed by atoms with Crippen molar-refractivity contribution in [1.29, 1.82) is 0 Å². The molecule has 0 bridgehead atoms. The van der Waals surface area contributed by atoms with Crippen molar-refractivity contribution in [2.75, 3.05) is 7.11 Å². The zero-order chi connectivity index (χ0) is 19.0. The lowest BCUT2D eigenvalue weighted by Crippen LogP contribution is -2.22. The number of imidazole rings is 2. The average Bonchev–Trinajstić information content (AvgIpc) is 3.29. The molecule has 0 aliphatic carbocycles. The number of hydrogen-bond acceptors (Lipinski definition) is 3. The van der Waals surface area contributed by atoms with Gasteiger partial charge < -0.3 is 9.72 Å². The summed E-state index contributed by atoms with van der Waals surface area (Å²) in [5, 5.41) is 0. The van der Waals surface area contributed by atoms with Crippen LogP contribution in [0.3, 0.4) is 0 Å². The van der Waals surface area contributed by atoms with Gasteiger partial charge >= 0.3 is 5.69 Å². The maximum absolute atomic E-state index is 12.6. The van der Waals surface area contributed by atoms with E-state index in [2.05, 4.69) is 9.97 Å². The number of nitrogens with one attached hydrogen (secondary N) is 1. The maximum atomic E-state index is 12.6. The molecule has 0 aliphatic rings. The Bertz CT molecular complexity index is 1170. The van der Waals surface area contributed by atoms with Crippen molar-refractivity contribution in [2.24, 2.45) is 0 Å². The molecule has 0 aliphatic heterocycles. The summed E-state index contributed by atoms with van der Waals surface area (Å²) in [4.78, 5) is 20.4. The molecule has 0 saturated carbocycles. The molecule has 0 spiro atoms. The van der Waals surface area contributed by atoms with Crippen LogP contribution in [-0.4, -0.2) is 26.2 Å². The molecule has 27 heavy (non-hydrogen) atoms. The van der Waals surface area contributed by atoms with Crippen LogP contribution in [0.5, 0.6) is 5.75 Å². The van der Waals surface area contributed by atoms with E-state index in [0.717, 1.165) is 39.3 Å². The van der Waals surface area contributed by atoms with Crippen molar-refractivity contribution in [3.8, 4) is 28.3 Å². The summed E-state index contributed by atoms with van der Waals surface area (Å²) in [6.45, 7) is 5.27. The van der Waals surface area contributed by atoms with Gasteiger partial charge in [-0.15, -0.1) is 0 Å². The molecule has 4 aromatic rings. The van der Waals surface area contributed by atoms with Crippen LogP contribution >= 0.6 is 0 Å². The molecule has 0 atom stereocenters. The smallest absolute Gasteiger partial charge is 0.329 e. The van der Waals surface area contributed by atoms with Crippen molar-refractivity contribution < 1.29 is 4.74 Å².